The molecule has 0 spiro atoms. The van der Waals surface area contributed by atoms with Gasteiger partial charge in [-0.15, -0.1) is 0 Å². The largest absolute Gasteiger partial charge is 0.459 e. The molecule has 3 nitrogen and oxygen atoms in total. The van der Waals surface area contributed by atoms with Gasteiger partial charge in [-0.05, 0) is 84.4 Å². The summed E-state index contributed by atoms with van der Waals surface area (Å²) in [7, 11) is 0. The smallest absolute Gasteiger partial charge is 0.336 e. The monoisotopic (exact) mass is 518 g/mol. The maximum absolute atomic E-state index is 15.2. The van der Waals surface area contributed by atoms with Crippen LogP contribution >= 0.6 is 0 Å². The molecule has 0 bridgehead atoms. The molecule has 0 saturated heterocycles. The third kappa shape index (κ3) is 6.76. The van der Waals surface area contributed by atoms with E-state index in [2.05, 4.69) is 25.6 Å². The van der Waals surface area contributed by atoms with Gasteiger partial charge in [0, 0.05) is 5.56 Å². The summed E-state index contributed by atoms with van der Waals surface area (Å²) in [6, 6.07) is 18.3. The molecule has 1 aliphatic carbocycles. The topological polar surface area (TPSA) is 46.5 Å². The van der Waals surface area contributed by atoms with Gasteiger partial charge in [-0.1, -0.05) is 74.9 Å². The first-order valence-electron chi connectivity index (χ1n) is 13.6. The van der Waals surface area contributed by atoms with Crippen molar-refractivity contribution >= 4 is 5.97 Å². The SMILES string of the molecule is C=C(CO)C(=O)OC1CCC(c2ccc(-c3ccc(-c4ccc(CCCCC)cc4)cc3F)cc2F)CC1. The number of rotatable bonds is 10. The number of aryl methyl sites for hydroxylation is 1. The van der Waals surface area contributed by atoms with Crippen LogP contribution in [0.4, 0.5) is 8.78 Å². The molecule has 0 heterocycles. The van der Waals surface area contributed by atoms with Crippen LogP contribution in [0.15, 0.2) is 72.8 Å². The molecule has 3 aromatic carbocycles. The predicted octanol–water partition coefficient (Wildman–Crippen LogP) is 8.15. The van der Waals surface area contributed by atoms with Crippen LogP contribution in [0.2, 0.25) is 0 Å². The van der Waals surface area contributed by atoms with Crippen molar-refractivity contribution in [3.63, 3.8) is 0 Å². The number of unbranched alkanes of at least 4 members (excludes halogenated alkanes) is 2. The minimum atomic E-state index is -0.584. The van der Waals surface area contributed by atoms with Crippen molar-refractivity contribution in [1.29, 1.82) is 0 Å². The Morgan fingerprint density at radius 3 is 2.18 bits per heavy atom. The van der Waals surface area contributed by atoms with Crippen LogP contribution in [0, 0.1) is 11.6 Å². The minimum Gasteiger partial charge on any atom is -0.459 e. The quantitative estimate of drug-likeness (QED) is 0.167. The van der Waals surface area contributed by atoms with E-state index >= 15 is 8.78 Å². The number of halogens is 2. The summed E-state index contributed by atoms with van der Waals surface area (Å²) in [6.45, 7) is 5.25. The Labute approximate surface area is 224 Å². The summed E-state index contributed by atoms with van der Waals surface area (Å²) in [5, 5.41) is 9.02. The van der Waals surface area contributed by atoms with Crippen molar-refractivity contribution in [2.75, 3.05) is 6.61 Å². The Kier molecular flexibility index (Phi) is 9.46. The first kappa shape index (κ1) is 27.7. The van der Waals surface area contributed by atoms with Crippen LogP contribution in [-0.2, 0) is 16.0 Å². The fourth-order valence-electron chi connectivity index (χ4n) is 5.19. The number of carbonyl (C=O) groups is 1. The van der Waals surface area contributed by atoms with Gasteiger partial charge in [0.15, 0.2) is 0 Å². The van der Waals surface area contributed by atoms with Crippen LogP contribution in [0.5, 0.6) is 0 Å². The standard InChI is InChI=1S/C33H36F2O3/c1-3-4-5-6-23-7-9-24(10-8-23)26-13-17-30(31(34)19-26)27-14-18-29(32(35)20-27)25-11-15-28(16-12-25)38-33(37)22(2)21-36/h7-10,13-14,17-20,25,28,36H,2-6,11-12,15-16,21H2,1H3. The zero-order valence-electron chi connectivity index (χ0n) is 22.0. The van der Waals surface area contributed by atoms with Gasteiger partial charge in [-0.2, -0.15) is 0 Å². The molecule has 5 heteroatoms. The third-order valence-electron chi connectivity index (χ3n) is 7.50. The van der Waals surface area contributed by atoms with Crippen LogP contribution in [0.3, 0.4) is 0 Å². The van der Waals surface area contributed by atoms with Gasteiger partial charge in [0.2, 0.25) is 0 Å². The highest BCUT2D eigenvalue weighted by Gasteiger charge is 2.27. The van der Waals surface area contributed by atoms with Crippen molar-refractivity contribution in [2.24, 2.45) is 0 Å². The lowest BCUT2D eigenvalue weighted by molar-refractivity contribution is -0.146. The molecule has 200 valence electrons. The molecular weight excluding hydrogens is 482 g/mol. The lowest BCUT2D eigenvalue weighted by atomic mass is 9.82. The molecule has 1 saturated carbocycles. The number of esters is 1. The summed E-state index contributed by atoms with van der Waals surface area (Å²) >= 11 is 0. The van der Waals surface area contributed by atoms with E-state index in [0.717, 1.165) is 17.5 Å². The van der Waals surface area contributed by atoms with Crippen LogP contribution < -0.4 is 0 Å². The number of hydrogen-bond donors (Lipinski definition) is 1. The average Bonchev–Trinajstić information content (AvgIpc) is 2.93. The predicted molar refractivity (Wildman–Crippen MR) is 148 cm³/mol. The van der Waals surface area contributed by atoms with Crippen molar-refractivity contribution in [3.8, 4) is 22.3 Å². The highest BCUT2D eigenvalue weighted by Crippen LogP contribution is 2.37. The van der Waals surface area contributed by atoms with Crippen LogP contribution in [0.1, 0.15) is 68.9 Å². The van der Waals surface area contributed by atoms with Crippen molar-refractivity contribution in [1.82, 2.24) is 0 Å². The average molecular weight is 519 g/mol. The molecule has 1 aliphatic rings. The zero-order chi connectivity index (χ0) is 27.1. The first-order valence-corrected chi connectivity index (χ1v) is 13.6. The second kappa shape index (κ2) is 13.0. The molecule has 38 heavy (non-hydrogen) atoms. The van der Waals surface area contributed by atoms with Gasteiger partial charge in [0.1, 0.15) is 17.7 Å². The van der Waals surface area contributed by atoms with Gasteiger partial charge in [0.25, 0.3) is 0 Å². The Morgan fingerprint density at radius 1 is 0.895 bits per heavy atom. The summed E-state index contributed by atoms with van der Waals surface area (Å²) < 4.78 is 35.7. The molecule has 0 atom stereocenters. The minimum absolute atomic E-state index is 0.0113. The fourth-order valence-corrected chi connectivity index (χ4v) is 5.19. The van der Waals surface area contributed by atoms with E-state index in [1.54, 1.807) is 18.2 Å². The van der Waals surface area contributed by atoms with Crippen LogP contribution in [-0.4, -0.2) is 23.8 Å². The first-order chi connectivity index (χ1) is 18.4. The van der Waals surface area contributed by atoms with E-state index < -0.39 is 12.6 Å². The van der Waals surface area contributed by atoms with Crippen molar-refractivity contribution in [3.05, 3.63) is 95.6 Å². The highest BCUT2D eigenvalue weighted by atomic mass is 19.1. The molecular formula is C33H36F2O3. The maximum Gasteiger partial charge on any atom is 0.336 e. The Hall–Kier alpha value is -3.31. The van der Waals surface area contributed by atoms with E-state index in [4.69, 9.17) is 9.84 Å². The highest BCUT2D eigenvalue weighted by molar-refractivity contribution is 5.88. The summed E-state index contributed by atoms with van der Waals surface area (Å²) in [5.41, 5.74) is 4.56. The number of carbonyl (C=O) groups excluding carboxylic acids is 1. The third-order valence-corrected chi connectivity index (χ3v) is 7.50. The van der Waals surface area contributed by atoms with E-state index in [1.807, 2.05) is 18.2 Å². The molecule has 1 fully saturated rings. The molecule has 0 radical (unpaired) electrons. The number of ether oxygens (including phenoxy) is 1. The van der Waals surface area contributed by atoms with E-state index in [9.17, 15) is 4.79 Å². The van der Waals surface area contributed by atoms with Gasteiger partial charge < -0.3 is 9.84 Å². The lowest BCUT2D eigenvalue weighted by Gasteiger charge is -2.29. The van der Waals surface area contributed by atoms with E-state index in [1.165, 1.54) is 37.0 Å². The summed E-state index contributed by atoms with van der Waals surface area (Å²) in [5.74, 6) is -1.30. The van der Waals surface area contributed by atoms with Crippen LogP contribution in [0.25, 0.3) is 22.3 Å². The second-order valence-electron chi connectivity index (χ2n) is 10.2. The van der Waals surface area contributed by atoms with E-state index in [-0.39, 0.29) is 29.2 Å². The molecule has 0 aromatic heterocycles. The normalized spacial score (nSPS) is 17.3. The maximum atomic E-state index is 15.2. The molecule has 3 aromatic rings. The second-order valence-corrected chi connectivity index (χ2v) is 10.2. The molecule has 1 N–H and O–H groups in total. The van der Waals surface area contributed by atoms with E-state index in [0.29, 0.717) is 42.4 Å². The number of hydrogen-bond acceptors (Lipinski definition) is 3. The Bertz CT molecular complexity index is 1260. The summed E-state index contributed by atoms with van der Waals surface area (Å²) in [6.07, 6.45) is 6.98. The van der Waals surface area contributed by atoms with Gasteiger partial charge in [-0.3, -0.25) is 0 Å². The Morgan fingerprint density at radius 2 is 1.55 bits per heavy atom. The fraction of sp³-hybridized carbons (Fsp3) is 0.364. The zero-order valence-corrected chi connectivity index (χ0v) is 22.0. The van der Waals surface area contributed by atoms with Gasteiger partial charge in [0.05, 0.1) is 12.2 Å². The molecule has 0 amide bonds. The number of aliphatic hydroxyl groups excluding tert-OH is 1. The van der Waals surface area contributed by atoms with Gasteiger partial charge in [-0.25, -0.2) is 13.6 Å². The molecule has 4 rings (SSSR count). The lowest BCUT2D eigenvalue weighted by Crippen LogP contribution is -2.25. The molecule has 0 unspecified atom stereocenters. The molecule has 0 aliphatic heterocycles. The summed E-state index contributed by atoms with van der Waals surface area (Å²) in [4.78, 5) is 11.8. The van der Waals surface area contributed by atoms with Gasteiger partial charge >= 0.3 is 5.97 Å². The number of aliphatic hydroxyl groups is 1. The Balaban J connectivity index is 1.41. The van der Waals surface area contributed by atoms with Crippen molar-refractivity contribution in [2.45, 2.75) is 70.3 Å². The number of benzene rings is 3. The van der Waals surface area contributed by atoms with Crippen molar-refractivity contribution < 1.29 is 23.4 Å².